The summed E-state index contributed by atoms with van der Waals surface area (Å²) in [5.41, 5.74) is 2.80. The van der Waals surface area contributed by atoms with Gasteiger partial charge in [-0.1, -0.05) is 32.0 Å². The van der Waals surface area contributed by atoms with Crippen molar-refractivity contribution < 1.29 is 4.79 Å². The van der Waals surface area contributed by atoms with Crippen molar-refractivity contribution >= 4 is 16.7 Å². The Morgan fingerprint density at radius 1 is 1.20 bits per heavy atom. The van der Waals surface area contributed by atoms with Crippen molar-refractivity contribution in [3.8, 4) is 0 Å². The first-order chi connectivity index (χ1) is 7.20. The number of hydrogen-bond acceptors (Lipinski definition) is 1. The van der Waals surface area contributed by atoms with Crippen LogP contribution in [0.2, 0.25) is 0 Å². The number of hydrogen-bond donors (Lipinski definition) is 1. The SMILES string of the molecule is CC.CC(=O)c1c(C)[nH]c2ccccc12. The molecule has 0 spiro atoms. The average Bonchev–Trinajstić information content (AvgIpc) is 2.56. The Kier molecular flexibility index (Phi) is 3.67. The maximum atomic E-state index is 11.3. The second-order valence-electron chi connectivity index (χ2n) is 3.23. The largest absolute Gasteiger partial charge is 0.358 e. The Morgan fingerprint density at radius 2 is 1.80 bits per heavy atom. The number of aromatic nitrogens is 1. The monoisotopic (exact) mass is 203 g/mol. The molecule has 2 heteroatoms. The third kappa shape index (κ3) is 2.09. The fourth-order valence-electron chi connectivity index (χ4n) is 1.73. The predicted octanol–water partition coefficient (Wildman–Crippen LogP) is 3.71. The van der Waals surface area contributed by atoms with E-state index in [-0.39, 0.29) is 5.78 Å². The van der Waals surface area contributed by atoms with Crippen molar-refractivity contribution in [1.82, 2.24) is 4.98 Å². The van der Waals surface area contributed by atoms with E-state index in [1.165, 1.54) is 0 Å². The molecule has 15 heavy (non-hydrogen) atoms. The number of nitrogens with one attached hydrogen (secondary N) is 1. The lowest BCUT2D eigenvalue weighted by molar-refractivity contribution is 0.101. The van der Waals surface area contributed by atoms with Gasteiger partial charge in [-0.05, 0) is 19.9 Å². The number of ketones is 1. The highest BCUT2D eigenvalue weighted by Crippen LogP contribution is 2.21. The van der Waals surface area contributed by atoms with Gasteiger partial charge in [0.15, 0.2) is 5.78 Å². The fourth-order valence-corrected chi connectivity index (χ4v) is 1.73. The summed E-state index contributed by atoms with van der Waals surface area (Å²) in [6.45, 7) is 7.53. The van der Waals surface area contributed by atoms with Crippen LogP contribution in [0.1, 0.15) is 36.8 Å². The Labute approximate surface area is 90.3 Å². The average molecular weight is 203 g/mol. The smallest absolute Gasteiger partial charge is 0.162 e. The van der Waals surface area contributed by atoms with Crippen LogP contribution in [0, 0.1) is 6.92 Å². The van der Waals surface area contributed by atoms with Gasteiger partial charge in [0.2, 0.25) is 0 Å². The van der Waals surface area contributed by atoms with E-state index < -0.39 is 0 Å². The zero-order valence-electron chi connectivity index (χ0n) is 9.72. The molecular formula is C13H17NO. The lowest BCUT2D eigenvalue weighted by atomic mass is 10.1. The Balaban J connectivity index is 0.000000531. The number of fused-ring (bicyclic) bond motifs is 1. The lowest BCUT2D eigenvalue weighted by Crippen LogP contribution is -1.92. The molecule has 0 atom stereocenters. The first-order valence-corrected chi connectivity index (χ1v) is 5.28. The van der Waals surface area contributed by atoms with Crippen LogP contribution < -0.4 is 0 Å². The van der Waals surface area contributed by atoms with Gasteiger partial charge in [0.05, 0.1) is 0 Å². The molecule has 0 aliphatic carbocycles. The first kappa shape index (κ1) is 11.5. The van der Waals surface area contributed by atoms with Crippen LogP contribution >= 0.6 is 0 Å². The number of aryl methyl sites for hydroxylation is 1. The van der Waals surface area contributed by atoms with Gasteiger partial charge in [0.1, 0.15) is 0 Å². The van der Waals surface area contributed by atoms with E-state index in [4.69, 9.17) is 0 Å². The summed E-state index contributed by atoms with van der Waals surface area (Å²) in [7, 11) is 0. The van der Waals surface area contributed by atoms with Crippen LogP contribution in [0.15, 0.2) is 24.3 Å². The van der Waals surface area contributed by atoms with E-state index in [2.05, 4.69) is 4.98 Å². The molecule has 1 aromatic heterocycles. The molecule has 0 saturated heterocycles. The third-order valence-corrected chi connectivity index (χ3v) is 2.25. The first-order valence-electron chi connectivity index (χ1n) is 5.28. The van der Waals surface area contributed by atoms with Crippen molar-refractivity contribution in [2.75, 3.05) is 0 Å². The maximum absolute atomic E-state index is 11.3. The summed E-state index contributed by atoms with van der Waals surface area (Å²) in [6.07, 6.45) is 0. The number of rotatable bonds is 1. The molecule has 1 heterocycles. The number of Topliss-reactive ketones (excluding diaryl/α,β-unsaturated/α-hetero) is 1. The molecule has 0 unspecified atom stereocenters. The molecular weight excluding hydrogens is 186 g/mol. The number of benzene rings is 1. The second kappa shape index (κ2) is 4.78. The van der Waals surface area contributed by atoms with Crippen LogP contribution in [0.3, 0.4) is 0 Å². The number of para-hydroxylation sites is 1. The quantitative estimate of drug-likeness (QED) is 0.704. The van der Waals surface area contributed by atoms with Crippen LogP contribution in [-0.4, -0.2) is 10.8 Å². The number of aromatic amines is 1. The normalized spacial score (nSPS) is 9.60. The minimum atomic E-state index is 0.120. The van der Waals surface area contributed by atoms with Gasteiger partial charge >= 0.3 is 0 Å². The van der Waals surface area contributed by atoms with Crippen LogP contribution in [-0.2, 0) is 0 Å². The van der Waals surface area contributed by atoms with E-state index in [0.29, 0.717) is 0 Å². The zero-order chi connectivity index (χ0) is 11.4. The van der Waals surface area contributed by atoms with Gasteiger partial charge in [0.25, 0.3) is 0 Å². The van der Waals surface area contributed by atoms with Gasteiger partial charge in [-0.15, -0.1) is 0 Å². The molecule has 0 aliphatic rings. The molecule has 0 amide bonds. The molecule has 0 saturated carbocycles. The fraction of sp³-hybridized carbons (Fsp3) is 0.308. The van der Waals surface area contributed by atoms with Crippen LogP contribution in [0.5, 0.6) is 0 Å². The zero-order valence-corrected chi connectivity index (χ0v) is 9.72. The van der Waals surface area contributed by atoms with Crippen molar-refractivity contribution in [2.24, 2.45) is 0 Å². The van der Waals surface area contributed by atoms with Gasteiger partial charge in [-0.3, -0.25) is 4.79 Å². The summed E-state index contributed by atoms with van der Waals surface area (Å²) in [6, 6.07) is 7.86. The third-order valence-electron chi connectivity index (χ3n) is 2.25. The topological polar surface area (TPSA) is 32.9 Å². The summed E-state index contributed by atoms with van der Waals surface area (Å²) in [5, 5.41) is 1.02. The van der Waals surface area contributed by atoms with Crippen LogP contribution in [0.4, 0.5) is 0 Å². The number of carbonyl (C=O) groups is 1. The van der Waals surface area contributed by atoms with Gasteiger partial charge < -0.3 is 4.98 Å². The van der Waals surface area contributed by atoms with E-state index in [1.54, 1.807) is 6.92 Å². The van der Waals surface area contributed by atoms with Gasteiger partial charge in [0, 0.05) is 22.2 Å². The molecule has 2 nitrogen and oxygen atoms in total. The Morgan fingerprint density at radius 3 is 2.40 bits per heavy atom. The maximum Gasteiger partial charge on any atom is 0.162 e. The molecule has 0 bridgehead atoms. The van der Waals surface area contributed by atoms with Crippen molar-refractivity contribution in [3.05, 3.63) is 35.5 Å². The molecule has 1 N–H and O–H groups in total. The van der Waals surface area contributed by atoms with Crippen LogP contribution in [0.25, 0.3) is 10.9 Å². The number of carbonyl (C=O) groups excluding carboxylic acids is 1. The molecule has 2 rings (SSSR count). The van der Waals surface area contributed by atoms with E-state index in [9.17, 15) is 4.79 Å². The second-order valence-corrected chi connectivity index (χ2v) is 3.23. The van der Waals surface area contributed by atoms with E-state index >= 15 is 0 Å². The van der Waals surface area contributed by atoms with Gasteiger partial charge in [-0.2, -0.15) is 0 Å². The van der Waals surface area contributed by atoms with E-state index in [0.717, 1.165) is 22.2 Å². The lowest BCUT2D eigenvalue weighted by Gasteiger charge is -1.92. The Bertz CT molecular complexity index is 468. The minimum Gasteiger partial charge on any atom is -0.358 e. The molecule has 80 valence electrons. The highest BCUT2D eigenvalue weighted by atomic mass is 16.1. The summed E-state index contributed by atoms with van der Waals surface area (Å²) < 4.78 is 0. The summed E-state index contributed by atoms with van der Waals surface area (Å²) in [5.74, 6) is 0.120. The molecule has 2 aromatic rings. The predicted molar refractivity (Wildman–Crippen MR) is 64.4 cm³/mol. The van der Waals surface area contributed by atoms with Crippen molar-refractivity contribution in [3.63, 3.8) is 0 Å². The Hall–Kier alpha value is -1.57. The van der Waals surface area contributed by atoms with Crippen molar-refractivity contribution in [2.45, 2.75) is 27.7 Å². The standard InChI is InChI=1S/C11H11NO.C2H6/c1-7-11(8(2)13)9-5-3-4-6-10(9)12-7;1-2/h3-6,12H,1-2H3;1-2H3. The highest BCUT2D eigenvalue weighted by Gasteiger charge is 2.10. The molecule has 0 fully saturated rings. The summed E-state index contributed by atoms with van der Waals surface area (Å²) >= 11 is 0. The summed E-state index contributed by atoms with van der Waals surface area (Å²) in [4.78, 5) is 14.5. The number of H-pyrrole nitrogens is 1. The molecule has 1 aromatic carbocycles. The molecule has 0 aliphatic heterocycles. The van der Waals surface area contributed by atoms with Crippen molar-refractivity contribution in [1.29, 1.82) is 0 Å². The van der Waals surface area contributed by atoms with Gasteiger partial charge in [-0.25, -0.2) is 0 Å². The highest BCUT2D eigenvalue weighted by molar-refractivity contribution is 6.08. The van der Waals surface area contributed by atoms with E-state index in [1.807, 2.05) is 45.0 Å². The molecule has 0 radical (unpaired) electrons. The minimum absolute atomic E-state index is 0.120.